The van der Waals surface area contributed by atoms with Crippen LogP contribution in [0, 0.1) is 6.92 Å². The summed E-state index contributed by atoms with van der Waals surface area (Å²) < 4.78 is 27.7. The highest BCUT2D eigenvalue weighted by Crippen LogP contribution is 2.25. The van der Waals surface area contributed by atoms with Crippen molar-refractivity contribution in [3.8, 4) is 17.1 Å². The molecule has 0 radical (unpaired) electrons. The van der Waals surface area contributed by atoms with Crippen molar-refractivity contribution in [2.75, 3.05) is 4.72 Å². The number of nitrogens with one attached hydrogen (secondary N) is 2. The van der Waals surface area contributed by atoms with Gasteiger partial charge in [0.05, 0.1) is 21.6 Å². The van der Waals surface area contributed by atoms with E-state index in [1.54, 1.807) is 66.7 Å². The van der Waals surface area contributed by atoms with Crippen LogP contribution >= 0.6 is 0 Å². The summed E-state index contributed by atoms with van der Waals surface area (Å²) in [5, 5.41) is 9.40. The molecule has 1 heterocycles. The third-order valence-electron chi connectivity index (χ3n) is 4.21. The highest BCUT2D eigenvalue weighted by atomic mass is 32.2. The largest absolute Gasteiger partial charge is 0.508 e. The zero-order chi connectivity index (χ0) is 19.0. The van der Waals surface area contributed by atoms with E-state index in [1.165, 1.54) is 0 Å². The topological polar surface area (TPSA) is 95.1 Å². The third kappa shape index (κ3) is 3.50. The summed E-state index contributed by atoms with van der Waals surface area (Å²) in [6, 6.07) is 18.5. The molecule has 0 bridgehead atoms. The summed E-state index contributed by atoms with van der Waals surface area (Å²) in [4.78, 5) is 7.89. The number of nitrogens with zero attached hydrogens (tertiary/aromatic N) is 1. The van der Waals surface area contributed by atoms with Crippen LogP contribution in [-0.4, -0.2) is 23.5 Å². The first kappa shape index (κ1) is 17.1. The molecule has 0 spiro atoms. The molecule has 0 aliphatic carbocycles. The highest BCUT2D eigenvalue weighted by molar-refractivity contribution is 7.92. The van der Waals surface area contributed by atoms with Gasteiger partial charge >= 0.3 is 0 Å². The quantitative estimate of drug-likeness (QED) is 0.499. The van der Waals surface area contributed by atoms with Crippen molar-refractivity contribution in [2.24, 2.45) is 0 Å². The van der Waals surface area contributed by atoms with Crippen LogP contribution in [0.15, 0.2) is 71.6 Å². The SMILES string of the molecule is Cc1ccc(S(=O)(=O)Nc2ccc3nc(-c4ccc(O)cc4)[nH]c3c2)cc1. The van der Waals surface area contributed by atoms with Gasteiger partial charge in [-0.05, 0) is 61.5 Å². The van der Waals surface area contributed by atoms with E-state index in [1.807, 2.05) is 6.92 Å². The molecule has 27 heavy (non-hydrogen) atoms. The van der Waals surface area contributed by atoms with Gasteiger partial charge in [0.15, 0.2) is 0 Å². The minimum atomic E-state index is -3.66. The van der Waals surface area contributed by atoms with Crippen LogP contribution in [0.5, 0.6) is 5.75 Å². The van der Waals surface area contributed by atoms with Crippen molar-refractivity contribution < 1.29 is 13.5 Å². The van der Waals surface area contributed by atoms with Crippen LogP contribution in [0.4, 0.5) is 5.69 Å². The van der Waals surface area contributed by atoms with Gasteiger partial charge in [0.2, 0.25) is 0 Å². The van der Waals surface area contributed by atoms with Gasteiger partial charge in [-0.1, -0.05) is 17.7 Å². The lowest BCUT2D eigenvalue weighted by molar-refractivity contribution is 0.475. The minimum absolute atomic E-state index is 0.183. The molecule has 3 N–H and O–H groups in total. The van der Waals surface area contributed by atoms with Crippen LogP contribution in [-0.2, 0) is 10.0 Å². The zero-order valence-electron chi connectivity index (χ0n) is 14.5. The van der Waals surface area contributed by atoms with Crippen LogP contribution in [0.25, 0.3) is 22.4 Å². The molecule has 4 rings (SSSR count). The molecule has 0 amide bonds. The van der Waals surface area contributed by atoms with Gasteiger partial charge in [-0.25, -0.2) is 13.4 Å². The molecule has 0 saturated carbocycles. The van der Waals surface area contributed by atoms with Crippen molar-refractivity contribution in [2.45, 2.75) is 11.8 Å². The Bertz CT molecular complexity index is 1210. The fourth-order valence-corrected chi connectivity index (χ4v) is 3.81. The maximum atomic E-state index is 12.5. The number of anilines is 1. The first-order valence-corrected chi connectivity index (χ1v) is 9.78. The summed E-state index contributed by atoms with van der Waals surface area (Å²) in [7, 11) is -3.66. The number of imidazole rings is 1. The van der Waals surface area contributed by atoms with E-state index in [-0.39, 0.29) is 10.6 Å². The Balaban J connectivity index is 1.65. The zero-order valence-corrected chi connectivity index (χ0v) is 15.3. The second-order valence-corrected chi connectivity index (χ2v) is 7.97. The Hall–Kier alpha value is -3.32. The number of rotatable bonds is 4. The monoisotopic (exact) mass is 379 g/mol. The minimum Gasteiger partial charge on any atom is -0.508 e. The lowest BCUT2D eigenvalue weighted by atomic mass is 10.2. The van der Waals surface area contributed by atoms with E-state index in [4.69, 9.17) is 0 Å². The predicted octanol–water partition coefficient (Wildman–Crippen LogP) is 4.04. The van der Waals surface area contributed by atoms with Crippen LogP contribution in [0.3, 0.4) is 0 Å². The Morgan fingerprint density at radius 3 is 2.37 bits per heavy atom. The van der Waals surface area contributed by atoms with Gasteiger partial charge in [0, 0.05) is 5.56 Å². The third-order valence-corrected chi connectivity index (χ3v) is 5.60. The van der Waals surface area contributed by atoms with Crippen LogP contribution < -0.4 is 4.72 Å². The van der Waals surface area contributed by atoms with E-state index >= 15 is 0 Å². The molecule has 4 aromatic rings. The maximum Gasteiger partial charge on any atom is 0.261 e. The summed E-state index contributed by atoms with van der Waals surface area (Å²) >= 11 is 0. The average Bonchev–Trinajstić information content (AvgIpc) is 3.05. The molecule has 0 saturated heterocycles. The summed E-state index contributed by atoms with van der Waals surface area (Å²) in [5.74, 6) is 0.825. The summed E-state index contributed by atoms with van der Waals surface area (Å²) in [6.07, 6.45) is 0. The van der Waals surface area contributed by atoms with Crippen molar-refractivity contribution in [3.63, 3.8) is 0 Å². The molecular formula is C20H17N3O3S. The molecule has 1 aromatic heterocycles. The standard InChI is InChI=1S/C20H17N3O3S/c1-13-2-9-17(10-3-13)27(25,26)23-15-6-11-18-19(12-15)22-20(21-18)14-4-7-16(24)8-5-14/h2-12,23-24H,1H3,(H,21,22). The first-order valence-electron chi connectivity index (χ1n) is 8.29. The lowest BCUT2D eigenvalue weighted by Gasteiger charge is -2.08. The fraction of sp³-hybridized carbons (Fsp3) is 0.0500. The molecule has 0 unspecified atom stereocenters. The number of aryl methyl sites for hydroxylation is 1. The molecule has 0 aliphatic rings. The van der Waals surface area contributed by atoms with Crippen LogP contribution in [0.2, 0.25) is 0 Å². The van der Waals surface area contributed by atoms with E-state index in [2.05, 4.69) is 14.7 Å². The smallest absolute Gasteiger partial charge is 0.261 e. The van der Waals surface area contributed by atoms with Gasteiger partial charge in [0.1, 0.15) is 11.6 Å². The molecular weight excluding hydrogens is 362 g/mol. The van der Waals surface area contributed by atoms with Crippen molar-refractivity contribution >= 4 is 26.7 Å². The Morgan fingerprint density at radius 2 is 1.67 bits per heavy atom. The number of aromatic amines is 1. The number of phenols is 1. The van der Waals surface area contributed by atoms with E-state index in [9.17, 15) is 13.5 Å². The van der Waals surface area contributed by atoms with Crippen molar-refractivity contribution in [1.29, 1.82) is 0 Å². The average molecular weight is 379 g/mol. The Labute approximate surface area is 156 Å². The second-order valence-electron chi connectivity index (χ2n) is 6.28. The molecule has 3 aromatic carbocycles. The number of fused-ring (bicyclic) bond motifs is 1. The number of sulfonamides is 1. The first-order chi connectivity index (χ1) is 12.9. The van der Waals surface area contributed by atoms with E-state index in [0.29, 0.717) is 17.0 Å². The van der Waals surface area contributed by atoms with Gasteiger partial charge in [-0.3, -0.25) is 4.72 Å². The Kier molecular flexibility index (Phi) is 4.08. The highest BCUT2D eigenvalue weighted by Gasteiger charge is 2.14. The molecule has 0 atom stereocenters. The number of phenolic OH excluding ortho intramolecular Hbond substituents is 1. The molecule has 0 fully saturated rings. The number of aromatic nitrogens is 2. The van der Waals surface area contributed by atoms with Gasteiger partial charge in [-0.15, -0.1) is 0 Å². The molecule has 0 aliphatic heterocycles. The van der Waals surface area contributed by atoms with E-state index < -0.39 is 10.0 Å². The number of H-pyrrole nitrogens is 1. The predicted molar refractivity (Wildman–Crippen MR) is 105 cm³/mol. The molecule has 6 nitrogen and oxygen atoms in total. The normalized spacial score (nSPS) is 11.6. The molecule has 7 heteroatoms. The maximum absolute atomic E-state index is 12.5. The number of benzene rings is 3. The fourth-order valence-electron chi connectivity index (χ4n) is 2.76. The van der Waals surface area contributed by atoms with Gasteiger partial charge in [-0.2, -0.15) is 0 Å². The van der Waals surface area contributed by atoms with E-state index in [0.717, 1.165) is 16.6 Å². The Morgan fingerprint density at radius 1 is 0.963 bits per heavy atom. The second kappa shape index (κ2) is 6.44. The number of hydrogen-bond donors (Lipinski definition) is 3. The summed E-state index contributed by atoms with van der Waals surface area (Å²) in [5.41, 5.74) is 3.70. The van der Waals surface area contributed by atoms with Gasteiger partial charge in [0.25, 0.3) is 10.0 Å². The summed E-state index contributed by atoms with van der Waals surface area (Å²) in [6.45, 7) is 1.90. The van der Waals surface area contributed by atoms with Crippen molar-refractivity contribution in [3.05, 3.63) is 72.3 Å². The van der Waals surface area contributed by atoms with Crippen molar-refractivity contribution in [1.82, 2.24) is 9.97 Å². The number of aromatic hydroxyl groups is 1. The number of hydrogen-bond acceptors (Lipinski definition) is 4. The van der Waals surface area contributed by atoms with Crippen LogP contribution in [0.1, 0.15) is 5.56 Å². The van der Waals surface area contributed by atoms with Gasteiger partial charge < -0.3 is 10.1 Å². The lowest BCUT2D eigenvalue weighted by Crippen LogP contribution is -2.12. The molecule has 136 valence electrons.